The number of hydrogen-bond acceptors (Lipinski definition) is 4. The van der Waals surface area contributed by atoms with Crippen LogP contribution < -0.4 is 9.62 Å². The largest absolute Gasteiger partial charge is 0.354 e. The van der Waals surface area contributed by atoms with E-state index in [0.29, 0.717) is 22.8 Å². The maximum atomic E-state index is 14.0. The molecule has 2 amide bonds. The fourth-order valence-corrected chi connectivity index (χ4v) is 6.27. The second-order valence-electron chi connectivity index (χ2n) is 10.2. The summed E-state index contributed by atoms with van der Waals surface area (Å²) in [6.07, 6.45) is 0. The van der Waals surface area contributed by atoms with Crippen molar-refractivity contribution in [1.82, 2.24) is 10.2 Å². The van der Waals surface area contributed by atoms with Crippen LogP contribution in [0.4, 0.5) is 5.69 Å². The van der Waals surface area contributed by atoms with Crippen molar-refractivity contribution in [3.05, 3.63) is 92.9 Å². The van der Waals surface area contributed by atoms with Gasteiger partial charge in [0.25, 0.3) is 10.0 Å². The van der Waals surface area contributed by atoms with E-state index in [-0.39, 0.29) is 23.3 Å². The Morgan fingerprint density at radius 2 is 1.65 bits per heavy atom. The van der Waals surface area contributed by atoms with Crippen LogP contribution in [0.1, 0.15) is 37.5 Å². The molecule has 0 bridgehead atoms. The highest BCUT2D eigenvalue weighted by molar-refractivity contribution is 9.10. The van der Waals surface area contributed by atoms with E-state index in [2.05, 4.69) is 21.2 Å². The minimum absolute atomic E-state index is 0.0570. The van der Waals surface area contributed by atoms with Gasteiger partial charge in [0.1, 0.15) is 12.6 Å². The molecular weight excluding hydrogens is 614 g/mol. The Morgan fingerprint density at radius 3 is 2.25 bits per heavy atom. The Kier molecular flexibility index (Phi) is 10.8. The molecule has 214 valence electrons. The Balaban J connectivity index is 2.05. The van der Waals surface area contributed by atoms with Crippen molar-refractivity contribution in [1.29, 1.82) is 0 Å². The Morgan fingerprint density at radius 1 is 0.975 bits per heavy atom. The summed E-state index contributed by atoms with van der Waals surface area (Å²) in [5, 5.41) is 3.34. The fourth-order valence-electron chi connectivity index (χ4n) is 4.12. The average Bonchev–Trinajstić information content (AvgIpc) is 2.89. The van der Waals surface area contributed by atoms with Crippen molar-refractivity contribution >= 4 is 55.1 Å². The standard InChI is InChI=1S/C30H35BrClN3O4S/c1-20(2)17-33-30(37)23(5)34(18-24-7-6-8-25(31)16-24)29(36)19-35(28-14-11-26(32)15-22(28)4)40(38,39)27-12-9-21(3)10-13-27/h6-16,20,23H,17-19H2,1-5H3,(H,33,37). The lowest BCUT2D eigenvalue weighted by Gasteiger charge is -2.32. The van der Waals surface area contributed by atoms with Crippen molar-refractivity contribution in [2.24, 2.45) is 5.92 Å². The van der Waals surface area contributed by atoms with Gasteiger partial charge >= 0.3 is 0 Å². The zero-order chi connectivity index (χ0) is 29.6. The number of carbonyl (C=O) groups excluding carboxylic acids is 2. The van der Waals surface area contributed by atoms with Gasteiger partial charge in [-0.3, -0.25) is 13.9 Å². The highest BCUT2D eigenvalue weighted by Crippen LogP contribution is 2.29. The summed E-state index contributed by atoms with van der Waals surface area (Å²) >= 11 is 9.62. The minimum atomic E-state index is -4.15. The van der Waals surface area contributed by atoms with Crippen LogP contribution in [0.2, 0.25) is 5.02 Å². The van der Waals surface area contributed by atoms with Crippen LogP contribution in [0.15, 0.2) is 76.1 Å². The summed E-state index contributed by atoms with van der Waals surface area (Å²) < 4.78 is 29.8. The SMILES string of the molecule is Cc1ccc(S(=O)(=O)N(CC(=O)N(Cc2cccc(Br)c2)C(C)C(=O)NCC(C)C)c2ccc(Cl)cc2C)cc1. The predicted molar refractivity (Wildman–Crippen MR) is 164 cm³/mol. The molecule has 3 rings (SSSR count). The molecule has 40 heavy (non-hydrogen) atoms. The van der Waals surface area contributed by atoms with Crippen LogP contribution >= 0.6 is 27.5 Å². The first-order valence-electron chi connectivity index (χ1n) is 13.0. The van der Waals surface area contributed by atoms with E-state index in [4.69, 9.17) is 11.6 Å². The molecule has 0 radical (unpaired) electrons. The first-order chi connectivity index (χ1) is 18.8. The summed E-state index contributed by atoms with van der Waals surface area (Å²) in [7, 11) is -4.15. The van der Waals surface area contributed by atoms with Crippen LogP contribution in [0.3, 0.4) is 0 Å². The zero-order valence-corrected chi connectivity index (χ0v) is 26.5. The molecule has 1 atom stereocenters. The maximum absolute atomic E-state index is 14.0. The van der Waals surface area contributed by atoms with E-state index in [9.17, 15) is 18.0 Å². The lowest BCUT2D eigenvalue weighted by atomic mass is 10.1. The van der Waals surface area contributed by atoms with E-state index >= 15 is 0 Å². The molecule has 0 saturated heterocycles. The third kappa shape index (κ3) is 8.08. The Labute approximate surface area is 250 Å². The van der Waals surface area contributed by atoms with Crippen LogP contribution in [0, 0.1) is 19.8 Å². The molecule has 10 heteroatoms. The molecule has 0 aliphatic carbocycles. The van der Waals surface area contributed by atoms with E-state index in [1.165, 1.54) is 17.0 Å². The third-order valence-electron chi connectivity index (χ3n) is 6.41. The zero-order valence-electron chi connectivity index (χ0n) is 23.3. The van der Waals surface area contributed by atoms with Crippen molar-refractivity contribution < 1.29 is 18.0 Å². The quantitative estimate of drug-likeness (QED) is 0.272. The second kappa shape index (κ2) is 13.7. The highest BCUT2D eigenvalue weighted by atomic mass is 79.9. The maximum Gasteiger partial charge on any atom is 0.264 e. The number of amides is 2. The number of sulfonamides is 1. The van der Waals surface area contributed by atoms with Crippen LogP contribution in [0.25, 0.3) is 0 Å². The molecule has 1 N–H and O–H groups in total. The average molecular weight is 649 g/mol. The van der Waals surface area contributed by atoms with Gasteiger partial charge in [-0.05, 0) is 80.3 Å². The van der Waals surface area contributed by atoms with Gasteiger partial charge in [-0.2, -0.15) is 0 Å². The number of nitrogens with one attached hydrogen (secondary N) is 1. The number of halogens is 2. The monoisotopic (exact) mass is 647 g/mol. The summed E-state index contributed by atoms with van der Waals surface area (Å²) in [6, 6.07) is 17.9. The smallest absolute Gasteiger partial charge is 0.264 e. The number of hydrogen-bond donors (Lipinski definition) is 1. The molecule has 0 saturated carbocycles. The van der Waals surface area contributed by atoms with Crippen LogP contribution in [-0.2, 0) is 26.2 Å². The van der Waals surface area contributed by atoms with E-state index in [1.54, 1.807) is 44.2 Å². The van der Waals surface area contributed by atoms with Crippen LogP contribution in [-0.4, -0.2) is 44.3 Å². The summed E-state index contributed by atoms with van der Waals surface area (Å²) in [4.78, 5) is 28.6. The molecule has 1 unspecified atom stereocenters. The predicted octanol–water partition coefficient (Wildman–Crippen LogP) is 6.10. The van der Waals surface area contributed by atoms with E-state index in [0.717, 1.165) is 19.9 Å². The lowest BCUT2D eigenvalue weighted by molar-refractivity contribution is -0.139. The van der Waals surface area contributed by atoms with Gasteiger partial charge < -0.3 is 10.2 Å². The molecule has 7 nitrogen and oxygen atoms in total. The molecule has 0 fully saturated rings. The minimum Gasteiger partial charge on any atom is -0.354 e. The Bertz CT molecular complexity index is 1460. The van der Waals surface area contributed by atoms with Gasteiger partial charge in [-0.15, -0.1) is 0 Å². The highest BCUT2D eigenvalue weighted by Gasteiger charge is 2.33. The van der Waals surface area contributed by atoms with E-state index < -0.39 is 28.5 Å². The molecule has 0 aliphatic rings. The molecule has 0 aromatic heterocycles. The topological polar surface area (TPSA) is 86.8 Å². The summed E-state index contributed by atoms with van der Waals surface area (Å²) in [5.74, 6) is -0.599. The number of nitrogens with zero attached hydrogens (tertiary/aromatic N) is 2. The molecule has 0 aliphatic heterocycles. The molecule has 0 spiro atoms. The molecular formula is C30H35BrClN3O4S. The van der Waals surface area contributed by atoms with Crippen molar-refractivity contribution in [3.63, 3.8) is 0 Å². The number of benzene rings is 3. The number of aryl methyl sites for hydroxylation is 2. The second-order valence-corrected chi connectivity index (χ2v) is 13.4. The summed E-state index contributed by atoms with van der Waals surface area (Å²) in [6.45, 7) is 9.30. The van der Waals surface area contributed by atoms with Gasteiger partial charge in [-0.25, -0.2) is 8.42 Å². The van der Waals surface area contributed by atoms with Gasteiger partial charge in [-0.1, -0.05) is 71.2 Å². The molecule has 3 aromatic rings. The third-order valence-corrected chi connectivity index (χ3v) is 8.91. The number of anilines is 1. The van der Waals surface area contributed by atoms with Crippen LogP contribution in [0.5, 0.6) is 0 Å². The summed E-state index contributed by atoms with van der Waals surface area (Å²) in [5.41, 5.74) is 2.63. The number of rotatable bonds is 11. The lowest BCUT2D eigenvalue weighted by Crippen LogP contribution is -2.51. The first kappa shape index (κ1) is 31.6. The molecule has 3 aromatic carbocycles. The normalized spacial score (nSPS) is 12.2. The van der Waals surface area contributed by atoms with E-state index in [1.807, 2.05) is 45.0 Å². The van der Waals surface area contributed by atoms with Crippen molar-refractivity contribution in [3.8, 4) is 0 Å². The van der Waals surface area contributed by atoms with Gasteiger partial charge in [0.05, 0.1) is 10.6 Å². The van der Waals surface area contributed by atoms with Crippen molar-refractivity contribution in [2.75, 3.05) is 17.4 Å². The number of carbonyl (C=O) groups is 2. The fraction of sp³-hybridized carbons (Fsp3) is 0.333. The van der Waals surface area contributed by atoms with Gasteiger partial charge in [0.15, 0.2) is 0 Å². The Hall–Kier alpha value is -2.88. The van der Waals surface area contributed by atoms with Gasteiger partial charge in [0.2, 0.25) is 11.8 Å². The first-order valence-corrected chi connectivity index (χ1v) is 15.6. The van der Waals surface area contributed by atoms with Gasteiger partial charge in [0, 0.05) is 22.6 Å². The van der Waals surface area contributed by atoms with Crippen molar-refractivity contribution in [2.45, 2.75) is 52.1 Å². The molecule has 0 heterocycles.